The minimum Gasteiger partial charge on any atom is -0.301 e. The van der Waals surface area contributed by atoms with Gasteiger partial charge in [0.15, 0.2) is 0 Å². The quantitative estimate of drug-likeness (QED) is 0.738. The molecule has 0 aliphatic heterocycles. The van der Waals surface area contributed by atoms with Crippen molar-refractivity contribution in [2.45, 2.75) is 84.3 Å². The summed E-state index contributed by atoms with van der Waals surface area (Å²) in [5.74, 6) is 0.507. The first-order valence-electron chi connectivity index (χ1n) is 8.42. The molecule has 0 aromatic rings. The predicted octanol–water partition coefficient (Wildman–Crippen LogP) is 3.56. The van der Waals surface area contributed by atoms with Crippen LogP contribution >= 0.6 is 0 Å². The van der Waals surface area contributed by atoms with Crippen molar-refractivity contribution in [2.75, 3.05) is 13.1 Å². The normalized spacial score (nSPS) is 28.0. The third kappa shape index (κ3) is 4.20. The summed E-state index contributed by atoms with van der Waals surface area (Å²) in [7, 11) is 0. The average molecular weight is 279 g/mol. The number of nitrogens with one attached hydrogen (secondary N) is 1. The summed E-state index contributed by atoms with van der Waals surface area (Å²) in [6, 6.07) is 3.64. The lowest BCUT2D eigenvalue weighted by atomic mass is 9.85. The van der Waals surface area contributed by atoms with Crippen LogP contribution in [0.4, 0.5) is 0 Å². The van der Waals surface area contributed by atoms with E-state index in [-0.39, 0.29) is 5.54 Å². The lowest BCUT2D eigenvalue weighted by Crippen LogP contribution is -2.51. The molecular formula is C17H33N3. The first kappa shape index (κ1) is 17.5. The van der Waals surface area contributed by atoms with Gasteiger partial charge in [0, 0.05) is 12.1 Å². The Bertz CT molecular complexity index is 321. The zero-order chi connectivity index (χ0) is 15.2. The Morgan fingerprint density at radius 3 is 2.55 bits per heavy atom. The van der Waals surface area contributed by atoms with Crippen LogP contribution in [-0.4, -0.2) is 35.6 Å². The van der Waals surface area contributed by atoms with E-state index in [0.717, 1.165) is 25.9 Å². The molecule has 3 nitrogen and oxygen atoms in total. The molecule has 0 aromatic heterocycles. The second-order valence-corrected chi connectivity index (χ2v) is 6.65. The lowest BCUT2D eigenvalue weighted by molar-refractivity contribution is 0.181. The third-order valence-corrected chi connectivity index (χ3v) is 4.95. The van der Waals surface area contributed by atoms with Gasteiger partial charge in [0.1, 0.15) is 5.54 Å². The van der Waals surface area contributed by atoms with Crippen LogP contribution < -0.4 is 5.32 Å². The maximum atomic E-state index is 9.69. The third-order valence-electron chi connectivity index (χ3n) is 4.95. The van der Waals surface area contributed by atoms with Crippen LogP contribution in [0, 0.1) is 17.2 Å². The highest BCUT2D eigenvalue weighted by atomic mass is 15.1. The molecule has 0 spiro atoms. The van der Waals surface area contributed by atoms with E-state index in [2.05, 4.69) is 50.9 Å². The van der Waals surface area contributed by atoms with Gasteiger partial charge in [-0.25, -0.2) is 0 Å². The van der Waals surface area contributed by atoms with Crippen molar-refractivity contribution < 1.29 is 0 Å². The highest BCUT2D eigenvalue weighted by Crippen LogP contribution is 2.38. The van der Waals surface area contributed by atoms with E-state index in [4.69, 9.17) is 0 Å². The van der Waals surface area contributed by atoms with Crippen molar-refractivity contribution in [3.05, 3.63) is 0 Å². The molecule has 1 aliphatic rings. The summed E-state index contributed by atoms with van der Waals surface area (Å²) in [5, 5.41) is 13.2. The Morgan fingerprint density at radius 2 is 2.05 bits per heavy atom. The first-order chi connectivity index (χ1) is 9.49. The van der Waals surface area contributed by atoms with Crippen LogP contribution in [0.25, 0.3) is 0 Å². The van der Waals surface area contributed by atoms with E-state index in [1.165, 1.54) is 19.3 Å². The highest BCUT2D eigenvalue weighted by molar-refractivity contribution is 5.14. The van der Waals surface area contributed by atoms with Gasteiger partial charge < -0.3 is 4.90 Å². The molecule has 1 N–H and O–H groups in total. The average Bonchev–Trinajstić information content (AvgIpc) is 2.81. The van der Waals surface area contributed by atoms with Gasteiger partial charge in [0.25, 0.3) is 0 Å². The number of hydrogen-bond acceptors (Lipinski definition) is 3. The SMILES string of the molecule is CCC(C)N(CC)CCC1CCCC1(C#N)NC(C)C. The Balaban J connectivity index is 2.63. The molecule has 0 amide bonds. The van der Waals surface area contributed by atoms with Crippen molar-refractivity contribution in [3.63, 3.8) is 0 Å². The second-order valence-electron chi connectivity index (χ2n) is 6.65. The molecule has 0 heterocycles. The van der Waals surface area contributed by atoms with E-state index in [1.54, 1.807) is 0 Å². The molecule has 20 heavy (non-hydrogen) atoms. The molecule has 3 unspecified atom stereocenters. The summed E-state index contributed by atoms with van der Waals surface area (Å²) in [6.45, 7) is 13.3. The van der Waals surface area contributed by atoms with Crippen LogP contribution in [0.15, 0.2) is 0 Å². The first-order valence-corrected chi connectivity index (χ1v) is 8.42. The van der Waals surface area contributed by atoms with E-state index in [1.807, 2.05) is 0 Å². The molecule has 3 atom stereocenters. The standard InChI is InChI=1S/C17H33N3/c1-6-15(5)20(7-2)12-10-16-9-8-11-17(16,13-18)19-14(3)4/h14-16,19H,6-12H2,1-5H3. The Morgan fingerprint density at radius 1 is 1.35 bits per heavy atom. The van der Waals surface area contributed by atoms with Crippen LogP contribution in [0.2, 0.25) is 0 Å². The topological polar surface area (TPSA) is 39.1 Å². The smallest absolute Gasteiger partial charge is 0.109 e. The van der Waals surface area contributed by atoms with Crippen LogP contribution in [0.1, 0.15) is 66.7 Å². The van der Waals surface area contributed by atoms with Crippen molar-refractivity contribution in [3.8, 4) is 6.07 Å². The molecule has 0 bridgehead atoms. The summed E-state index contributed by atoms with van der Waals surface area (Å²) in [5.41, 5.74) is -0.275. The van der Waals surface area contributed by atoms with Crippen molar-refractivity contribution in [2.24, 2.45) is 5.92 Å². The minimum absolute atomic E-state index is 0.275. The van der Waals surface area contributed by atoms with Crippen LogP contribution in [0.3, 0.4) is 0 Å². The summed E-state index contributed by atoms with van der Waals surface area (Å²) in [6.07, 6.45) is 5.75. The lowest BCUT2D eigenvalue weighted by Gasteiger charge is -2.34. The summed E-state index contributed by atoms with van der Waals surface area (Å²) >= 11 is 0. The monoisotopic (exact) mass is 279 g/mol. The largest absolute Gasteiger partial charge is 0.301 e. The molecule has 1 aliphatic carbocycles. The van der Waals surface area contributed by atoms with Gasteiger partial charge in [-0.15, -0.1) is 0 Å². The number of rotatable bonds is 8. The molecule has 3 heteroatoms. The molecule has 1 saturated carbocycles. The van der Waals surface area contributed by atoms with E-state index in [9.17, 15) is 5.26 Å². The summed E-state index contributed by atoms with van der Waals surface area (Å²) in [4.78, 5) is 2.55. The van der Waals surface area contributed by atoms with Gasteiger partial charge in [-0.05, 0) is 65.5 Å². The number of hydrogen-bond donors (Lipinski definition) is 1. The molecular weight excluding hydrogens is 246 g/mol. The minimum atomic E-state index is -0.275. The van der Waals surface area contributed by atoms with Crippen LogP contribution in [-0.2, 0) is 0 Å². The van der Waals surface area contributed by atoms with Crippen molar-refractivity contribution >= 4 is 0 Å². The van der Waals surface area contributed by atoms with Gasteiger partial charge in [-0.1, -0.05) is 20.3 Å². The molecule has 116 valence electrons. The van der Waals surface area contributed by atoms with E-state index in [0.29, 0.717) is 18.0 Å². The van der Waals surface area contributed by atoms with Gasteiger partial charge in [-0.3, -0.25) is 5.32 Å². The second kappa shape index (κ2) is 8.00. The number of nitrogens with zero attached hydrogens (tertiary/aromatic N) is 2. The molecule has 1 fully saturated rings. The van der Waals surface area contributed by atoms with Crippen LogP contribution in [0.5, 0.6) is 0 Å². The molecule has 0 saturated heterocycles. The van der Waals surface area contributed by atoms with Gasteiger partial charge in [-0.2, -0.15) is 5.26 Å². The molecule has 0 radical (unpaired) electrons. The van der Waals surface area contributed by atoms with Gasteiger partial charge in [0.2, 0.25) is 0 Å². The van der Waals surface area contributed by atoms with Gasteiger partial charge in [0.05, 0.1) is 6.07 Å². The fourth-order valence-corrected chi connectivity index (χ4v) is 3.62. The fourth-order valence-electron chi connectivity index (χ4n) is 3.62. The Labute approximate surface area is 125 Å². The van der Waals surface area contributed by atoms with Gasteiger partial charge >= 0.3 is 0 Å². The maximum absolute atomic E-state index is 9.69. The Kier molecular flexibility index (Phi) is 6.99. The van der Waals surface area contributed by atoms with Crippen molar-refractivity contribution in [1.82, 2.24) is 10.2 Å². The predicted molar refractivity (Wildman–Crippen MR) is 85.6 cm³/mol. The Hall–Kier alpha value is -0.590. The summed E-state index contributed by atoms with van der Waals surface area (Å²) < 4.78 is 0. The zero-order valence-corrected chi connectivity index (χ0v) is 14.1. The fraction of sp³-hybridized carbons (Fsp3) is 0.941. The maximum Gasteiger partial charge on any atom is 0.109 e. The molecule has 1 rings (SSSR count). The van der Waals surface area contributed by atoms with E-state index >= 15 is 0 Å². The highest BCUT2D eigenvalue weighted by Gasteiger charge is 2.43. The molecule has 0 aromatic carbocycles. The van der Waals surface area contributed by atoms with E-state index < -0.39 is 0 Å². The zero-order valence-electron chi connectivity index (χ0n) is 14.1. The van der Waals surface area contributed by atoms with Crippen molar-refractivity contribution in [1.29, 1.82) is 5.26 Å². The number of nitriles is 1.